The first-order valence-electron chi connectivity index (χ1n) is 2.34. The van der Waals surface area contributed by atoms with Crippen LogP contribution in [0, 0.1) is 0 Å². The molecule has 0 aliphatic heterocycles. The summed E-state index contributed by atoms with van der Waals surface area (Å²) in [6.45, 7) is -0.295. The van der Waals surface area contributed by atoms with Crippen molar-refractivity contribution in [3.8, 4) is 0 Å². The van der Waals surface area contributed by atoms with E-state index >= 15 is 0 Å². The van der Waals surface area contributed by atoms with Gasteiger partial charge in [-0.3, -0.25) is 8.92 Å². The average molecular weight is 182 g/mol. The number of rotatable bonds is 5. The number of hydrogen-bond donors (Lipinski definition) is 2. The zero-order valence-corrected chi connectivity index (χ0v) is 6.94. The molecule has 10 heavy (non-hydrogen) atoms. The van der Waals surface area contributed by atoms with Gasteiger partial charge in [0.2, 0.25) is 0 Å². The highest BCUT2D eigenvalue weighted by molar-refractivity contribution is 6.24. The largest absolute Gasteiger partial charge is 0.764 e. The highest BCUT2D eigenvalue weighted by Crippen LogP contribution is 1.74. The highest BCUT2D eigenvalue weighted by Gasteiger charge is 2.05. The van der Waals surface area contributed by atoms with Crippen LogP contribution in [0.15, 0.2) is 0 Å². The second-order valence-corrected chi connectivity index (χ2v) is 2.87. The third-order valence-corrected chi connectivity index (χ3v) is 1.44. The van der Waals surface area contributed by atoms with Gasteiger partial charge in [0.1, 0.15) is 13.2 Å². The van der Waals surface area contributed by atoms with Crippen LogP contribution in [0.4, 0.5) is 0 Å². The molecular formula is C2H6O6Si2. The summed E-state index contributed by atoms with van der Waals surface area (Å²) >= 11 is 0. The summed E-state index contributed by atoms with van der Waals surface area (Å²) in [7, 11) is -5.87. The van der Waals surface area contributed by atoms with Crippen molar-refractivity contribution in [2.75, 3.05) is 13.2 Å². The molecule has 0 unspecified atom stereocenters. The zero-order valence-electron chi connectivity index (χ0n) is 4.94. The molecule has 0 radical (unpaired) electrons. The smallest absolute Gasteiger partial charge is 0.511 e. The molecule has 0 fully saturated rings. The van der Waals surface area contributed by atoms with Crippen molar-refractivity contribution in [1.82, 2.24) is 0 Å². The van der Waals surface area contributed by atoms with Crippen molar-refractivity contribution in [2.24, 2.45) is 0 Å². The van der Waals surface area contributed by atoms with E-state index in [2.05, 4.69) is 8.85 Å². The van der Waals surface area contributed by atoms with Crippen molar-refractivity contribution in [3.05, 3.63) is 0 Å². The Morgan fingerprint density at radius 2 is 1.30 bits per heavy atom. The van der Waals surface area contributed by atoms with Crippen LogP contribution in [0.1, 0.15) is 0 Å². The van der Waals surface area contributed by atoms with E-state index in [1.165, 1.54) is 0 Å². The van der Waals surface area contributed by atoms with Crippen molar-refractivity contribution >= 4 is 18.3 Å². The summed E-state index contributed by atoms with van der Waals surface area (Å²) in [5.74, 6) is 0. The molecule has 8 heteroatoms. The van der Waals surface area contributed by atoms with Gasteiger partial charge in [-0.05, 0) is 0 Å². The second-order valence-electron chi connectivity index (χ2n) is 1.23. The first kappa shape index (κ1) is 9.23. The molecule has 0 aromatic carbocycles. The monoisotopic (exact) mass is 182 g/mol. The molecule has 0 atom stereocenters. The summed E-state index contributed by atoms with van der Waals surface area (Å²) in [4.78, 5) is 16.1. The third-order valence-electron chi connectivity index (χ3n) is 0.534. The topological polar surface area (TPSA) is 93.1 Å². The van der Waals surface area contributed by atoms with Crippen LogP contribution in [0.2, 0.25) is 0 Å². The first-order chi connectivity index (χ1) is 4.63. The molecule has 6 nitrogen and oxygen atoms in total. The fourth-order valence-corrected chi connectivity index (χ4v) is 0.774. The summed E-state index contributed by atoms with van der Waals surface area (Å²) in [5, 5.41) is 0. The van der Waals surface area contributed by atoms with Crippen molar-refractivity contribution in [3.63, 3.8) is 0 Å². The van der Waals surface area contributed by atoms with E-state index in [-0.39, 0.29) is 13.2 Å². The minimum absolute atomic E-state index is 0.148. The van der Waals surface area contributed by atoms with Crippen LogP contribution in [0.5, 0.6) is 0 Å². The van der Waals surface area contributed by atoms with E-state index in [1.807, 2.05) is 0 Å². The van der Waals surface area contributed by atoms with E-state index in [0.717, 1.165) is 0 Å². The Hall–Kier alpha value is -0.766. The Bertz CT molecular complexity index is 118. The van der Waals surface area contributed by atoms with Crippen LogP contribution < -0.4 is 0 Å². The predicted octanol–water partition coefficient (Wildman–Crippen LogP) is -2.16. The molecule has 0 saturated heterocycles. The maximum atomic E-state index is 9.82. The molecule has 0 saturated carbocycles. The van der Waals surface area contributed by atoms with E-state index in [9.17, 15) is 8.92 Å². The van der Waals surface area contributed by atoms with Gasteiger partial charge < -0.3 is 18.4 Å². The van der Waals surface area contributed by atoms with Crippen molar-refractivity contribution < 1.29 is 27.4 Å². The van der Waals surface area contributed by atoms with Gasteiger partial charge in [0.15, 0.2) is 0 Å². The molecule has 0 amide bonds. The molecule has 0 bridgehead atoms. The Labute approximate surface area is 59.8 Å². The fourth-order valence-electron chi connectivity index (χ4n) is 0.258. The lowest BCUT2D eigenvalue weighted by atomic mass is 10.8. The second kappa shape index (κ2) is 5.05. The van der Waals surface area contributed by atoms with Crippen LogP contribution in [-0.2, 0) is 17.8 Å². The maximum Gasteiger partial charge on any atom is 0.764 e. The third kappa shape index (κ3) is 7.23. The Balaban J connectivity index is 3.06. The molecule has 0 rings (SSSR count). The highest BCUT2D eigenvalue weighted by atomic mass is 28.3. The van der Waals surface area contributed by atoms with Crippen molar-refractivity contribution in [2.45, 2.75) is 0 Å². The van der Waals surface area contributed by atoms with Gasteiger partial charge in [0.05, 0.1) is 0 Å². The normalized spacial score (nSPS) is 8.40. The fraction of sp³-hybridized carbons (Fsp3) is 1.00. The number of hydrogen-bond acceptors (Lipinski definition) is 4. The van der Waals surface area contributed by atoms with Gasteiger partial charge in [-0.1, -0.05) is 0 Å². The minimum atomic E-state index is -2.93. The van der Waals surface area contributed by atoms with Gasteiger partial charge in [0.25, 0.3) is 0 Å². The molecule has 0 aliphatic carbocycles. The lowest BCUT2D eigenvalue weighted by Crippen LogP contribution is -2.15. The van der Waals surface area contributed by atoms with E-state index < -0.39 is 18.3 Å². The first-order valence-corrected chi connectivity index (χ1v) is 4.87. The summed E-state index contributed by atoms with van der Waals surface area (Å²) in [5.41, 5.74) is 0. The quantitative estimate of drug-likeness (QED) is 0.371. The summed E-state index contributed by atoms with van der Waals surface area (Å²) < 4.78 is 27.9. The molecule has 0 aromatic heterocycles. The predicted molar refractivity (Wildman–Crippen MR) is 29.2 cm³/mol. The molecule has 58 valence electrons. The van der Waals surface area contributed by atoms with Gasteiger partial charge in [-0.15, -0.1) is 0 Å². The molecule has 2 N–H and O–H groups in total. The summed E-state index contributed by atoms with van der Waals surface area (Å²) in [6, 6.07) is 0. The van der Waals surface area contributed by atoms with Crippen LogP contribution in [0.25, 0.3) is 0 Å². The van der Waals surface area contributed by atoms with Crippen LogP contribution >= 0.6 is 0 Å². The Kier molecular flexibility index (Phi) is 4.67. The zero-order chi connectivity index (χ0) is 7.98. The molecule has 0 aromatic rings. The van der Waals surface area contributed by atoms with E-state index in [0.29, 0.717) is 0 Å². The lowest BCUT2D eigenvalue weighted by molar-refractivity contribution is 0.149. The summed E-state index contributed by atoms with van der Waals surface area (Å²) in [6.07, 6.45) is 0. The standard InChI is InChI=1S/C2H6O6Si2/c3-9(4)7-1-2-8-10(5)6/h3,5H,1-2H2. The van der Waals surface area contributed by atoms with E-state index in [1.54, 1.807) is 0 Å². The Morgan fingerprint density at radius 1 is 1.00 bits per heavy atom. The molecule has 0 aliphatic rings. The molecule has 0 spiro atoms. The molecule has 0 heterocycles. The minimum Gasteiger partial charge on any atom is -0.511 e. The van der Waals surface area contributed by atoms with Gasteiger partial charge in [-0.25, -0.2) is 0 Å². The average Bonchev–Trinajstić information content (AvgIpc) is 1.79. The maximum absolute atomic E-state index is 9.82. The van der Waals surface area contributed by atoms with Crippen LogP contribution in [0.3, 0.4) is 0 Å². The molecular weight excluding hydrogens is 176 g/mol. The SMILES string of the molecule is O=[Si](O)OCCO[Si](=O)O. The van der Waals surface area contributed by atoms with Gasteiger partial charge in [0, 0.05) is 0 Å². The van der Waals surface area contributed by atoms with Gasteiger partial charge >= 0.3 is 18.3 Å². The van der Waals surface area contributed by atoms with Gasteiger partial charge in [-0.2, -0.15) is 0 Å². The lowest BCUT2D eigenvalue weighted by Gasteiger charge is -1.98. The van der Waals surface area contributed by atoms with Crippen LogP contribution in [-0.4, -0.2) is 41.1 Å². The van der Waals surface area contributed by atoms with E-state index in [4.69, 9.17) is 9.59 Å². The van der Waals surface area contributed by atoms with Crippen molar-refractivity contribution in [1.29, 1.82) is 0 Å². The Morgan fingerprint density at radius 3 is 1.50 bits per heavy atom.